The molecule has 0 spiro atoms. The third-order valence-electron chi connectivity index (χ3n) is 12.0. The molecule has 0 bridgehead atoms. The minimum absolute atomic E-state index is 0.0695. The Balaban J connectivity index is 1.76. The summed E-state index contributed by atoms with van der Waals surface area (Å²) in [6.07, 6.45) is 9.06. The normalized spacial score (nSPS) is 48.8. The number of carbonyl (C=O) groups excluding carboxylic acids is 1. The summed E-state index contributed by atoms with van der Waals surface area (Å²) in [6.45, 7) is 12.0. The third kappa shape index (κ3) is 3.61. The molecule has 4 rings (SSSR count). The van der Waals surface area contributed by atoms with Gasteiger partial charge in [0.25, 0.3) is 0 Å². The first kappa shape index (κ1) is 27.5. The van der Waals surface area contributed by atoms with Gasteiger partial charge in [0.15, 0.2) is 0 Å². The van der Waals surface area contributed by atoms with E-state index in [-0.39, 0.29) is 46.4 Å². The standard InChI is InChI=1S/C30H46O6/c1-18(19(2)32)9-12-30(25(35)36)14-13-28(5)20(15-30)7-8-23-26(3)16-21(33)24(34)27(4,17-31)22(26)10-11-29(23,28)6/h7-8,15,18,21-24,31,33-34H,9-14,16-17H2,1-6H3,(H,35,36)/t18-,21-,22-,23-,24-,26+,27+,28-,29-,30+/m1/s1. The van der Waals surface area contributed by atoms with Crippen LogP contribution in [0.15, 0.2) is 23.8 Å². The zero-order valence-electron chi connectivity index (χ0n) is 22.9. The lowest BCUT2D eigenvalue weighted by molar-refractivity contribution is -0.230. The maximum atomic E-state index is 12.6. The van der Waals surface area contributed by atoms with Crippen molar-refractivity contribution in [3.63, 3.8) is 0 Å². The zero-order valence-corrected chi connectivity index (χ0v) is 22.9. The third-order valence-corrected chi connectivity index (χ3v) is 12.0. The minimum Gasteiger partial charge on any atom is -0.481 e. The Labute approximate surface area is 215 Å². The molecule has 36 heavy (non-hydrogen) atoms. The number of aliphatic carboxylic acids is 1. The molecule has 0 amide bonds. The van der Waals surface area contributed by atoms with Crippen molar-refractivity contribution in [2.75, 3.05) is 6.61 Å². The number of rotatable bonds is 6. The maximum absolute atomic E-state index is 12.6. The second-order valence-corrected chi connectivity index (χ2v) is 13.7. The number of allylic oxidation sites excluding steroid dienone is 3. The molecule has 10 atom stereocenters. The van der Waals surface area contributed by atoms with Gasteiger partial charge in [-0.15, -0.1) is 0 Å². The number of hydrogen-bond donors (Lipinski definition) is 4. The summed E-state index contributed by atoms with van der Waals surface area (Å²) < 4.78 is 0. The number of carbonyl (C=O) groups is 2. The van der Waals surface area contributed by atoms with E-state index in [0.717, 1.165) is 24.8 Å². The molecule has 4 aliphatic carbocycles. The molecule has 0 unspecified atom stereocenters. The fourth-order valence-electron chi connectivity index (χ4n) is 9.03. The summed E-state index contributed by atoms with van der Waals surface area (Å²) in [6, 6.07) is 0. The number of fused-ring (bicyclic) bond motifs is 5. The molecule has 2 saturated carbocycles. The average Bonchev–Trinajstić information content (AvgIpc) is 2.81. The van der Waals surface area contributed by atoms with Gasteiger partial charge >= 0.3 is 5.97 Å². The predicted octanol–water partition coefficient (Wildman–Crippen LogP) is 4.52. The Morgan fingerprint density at radius 3 is 2.36 bits per heavy atom. The van der Waals surface area contributed by atoms with Crippen LogP contribution in [0.4, 0.5) is 0 Å². The SMILES string of the molecule is CC(=O)[C@H](C)CC[C@@]1(C(=O)O)C=C2C=C[C@@H]3[C@@]4(C)C[C@@H](O)[C@@H](O)[C@@](C)(CO)[C@@H]4CC[C@@]3(C)[C@]2(C)CC1. The molecule has 0 aromatic carbocycles. The van der Waals surface area contributed by atoms with Gasteiger partial charge in [0.05, 0.1) is 24.2 Å². The van der Waals surface area contributed by atoms with Crippen LogP contribution in [0.5, 0.6) is 0 Å². The molecule has 0 aromatic rings. The van der Waals surface area contributed by atoms with Gasteiger partial charge in [0.1, 0.15) is 5.78 Å². The first-order chi connectivity index (χ1) is 16.6. The Morgan fingerprint density at radius 1 is 1.11 bits per heavy atom. The van der Waals surface area contributed by atoms with Gasteiger partial charge < -0.3 is 20.4 Å². The Kier molecular flexibility index (Phi) is 6.71. The molecular formula is C30H46O6. The van der Waals surface area contributed by atoms with E-state index in [2.05, 4.69) is 32.9 Å². The number of carboxylic acids is 1. The molecule has 2 fully saturated rings. The smallest absolute Gasteiger partial charge is 0.313 e. The van der Waals surface area contributed by atoms with Crippen LogP contribution in [0.2, 0.25) is 0 Å². The second kappa shape index (κ2) is 8.78. The van der Waals surface area contributed by atoms with Gasteiger partial charge in [0.2, 0.25) is 0 Å². The van der Waals surface area contributed by atoms with Crippen molar-refractivity contribution >= 4 is 11.8 Å². The second-order valence-electron chi connectivity index (χ2n) is 13.7. The predicted molar refractivity (Wildman–Crippen MR) is 138 cm³/mol. The summed E-state index contributed by atoms with van der Waals surface area (Å²) in [5.41, 5.74) is -1.32. The van der Waals surface area contributed by atoms with Crippen molar-refractivity contribution in [2.24, 2.45) is 44.8 Å². The summed E-state index contributed by atoms with van der Waals surface area (Å²) in [5, 5.41) is 42.4. The first-order valence-electron chi connectivity index (χ1n) is 13.7. The maximum Gasteiger partial charge on any atom is 0.313 e. The van der Waals surface area contributed by atoms with E-state index < -0.39 is 29.0 Å². The molecule has 6 nitrogen and oxygen atoms in total. The van der Waals surface area contributed by atoms with Crippen molar-refractivity contribution in [1.29, 1.82) is 0 Å². The van der Waals surface area contributed by atoms with Crippen molar-refractivity contribution in [2.45, 2.75) is 98.7 Å². The van der Waals surface area contributed by atoms with Crippen LogP contribution in [0, 0.1) is 44.8 Å². The number of aliphatic hydroxyl groups excluding tert-OH is 3. The molecule has 0 saturated heterocycles. The van der Waals surface area contributed by atoms with E-state index >= 15 is 0 Å². The molecular weight excluding hydrogens is 456 g/mol. The molecule has 0 aromatic heterocycles. The van der Waals surface area contributed by atoms with E-state index in [0.29, 0.717) is 25.7 Å². The van der Waals surface area contributed by atoms with Crippen molar-refractivity contribution < 1.29 is 30.0 Å². The molecule has 4 N–H and O–H groups in total. The monoisotopic (exact) mass is 502 g/mol. The van der Waals surface area contributed by atoms with E-state index in [9.17, 15) is 30.0 Å². The van der Waals surface area contributed by atoms with Crippen molar-refractivity contribution in [3.8, 4) is 0 Å². The van der Waals surface area contributed by atoms with Gasteiger partial charge in [-0.2, -0.15) is 0 Å². The highest BCUT2D eigenvalue weighted by Gasteiger charge is 2.68. The summed E-state index contributed by atoms with van der Waals surface area (Å²) in [5.74, 6) is -0.668. The zero-order chi connectivity index (χ0) is 26.9. The first-order valence-corrected chi connectivity index (χ1v) is 13.7. The van der Waals surface area contributed by atoms with Gasteiger partial charge in [0, 0.05) is 11.3 Å². The minimum atomic E-state index is -0.964. The molecule has 0 aliphatic heterocycles. The fraction of sp³-hybridized carbons (Fsp3) is 0.800. The topological polar surface area (TPSA) is 115 Å². The number of aliphatic hydroxyl groups is 3. The lowest BCUT2D eigenvalue weighted by atomic mass is 9.36. The number of ketones is 1. The molecule has 0 heterocycles. The Hall–Kier alpha value is -1.50. The van der Waals surface area contributed by atoms with Crippen LogP contribution in [0.25, 0.3) is 0 Å². The summed E-state index contributed by atoms with van der Waals surface area (Å²) in [7, 11) is 0. The average molecular weight is 503 g/mol. The lowest BCUT2D eigenvalue weighted by Gasteiger charge is -2.69. The van der Waals surface area contributed by atoms with Gasteiger partial charge in [-0.1, -0.05) is 52.8 Å². The highest BCUT2D eigenvalue weighted by atomic mass is 16.4. The molecule has 6 heteroatoms. The van der Waals surface area contributed by atoms with Crippen LogP contribution in [-0.4, -0.2) is 51.0 Å². The Morgan fingerprint density at radius 2 is 1.78 bits per heavy atom. The van der Waals surface area contributed by atoms with E-state index in [1.807, 2.05) is 19.9 Å². The quantitative estimate of drug-likeness (QED) is 0.424. The molecule has 0 radical (unpaired) electrons. The summed E-state index contributed by atoms with van der Waals surface area (Å²) in [4.78, 5) is 24.4. The van der Waals surface area contributed by atoms with Crippen LogP contribution < -0.4 is 0 Å². The number of hydrogen-bond acceptors (Lipinski definition) is 5. The van der Waals surface area contributed by atoms with Gasteiger partial charge in [-0.25, -0.2) is 0 Å². The summed E-state index contributed by atoms with van der Waals surface area (Å²) >= 11 is 0. The number of carboxylic acid groups (broad SMARTS) is 1. The molecule has 202 valence electrons. The van der Waals surface area contributed by atoms with Crippen LogP contribution in [-0.2, 0) is 9.59 Å². The lowest BCUT2D eigenvalue weighted by Crippen LogP contribution is -2.66. The van der Waals surface area contributed by atoms with Crippen LogP contribution in [0.3, 0.4) is 0 Å². The number of Topliss-reactive ketones (excluding diaryl/α,β-unsaturated/α-hetero) is 1. The van der Waals surface area contributed by atoms with Crippen molar-refractivity contribution in [1.82, 2.24) is 0 Å². The fourth-order valence-corrected chi connectivity index (χ4v) is 9.03. The van der Waals surface area contributed by atoms with Crippen molar-refractivity contribution in [3.05, 3.63) is 23.8 Å². The van der Waals surface area contributed by atoms with Crippen LogP contribution >= 0.6 is 0 Å². The van der Waals surface area contributed by atoms with E-state index in [1.165, 1.54) is 0 Å². The highest BCUT2D eigenvalue weighted by molar-refractivity contribution is 5.79. The van der Waals surface area contributed by atoms with Gasteiger partial charge in [-0.3, -0.25) is 9.59 Å². The van der Waals surface area contributed by atoms with E-state index in [1.54, 1.807) is 6.92 Å². The van der Waals surface area contributed by atoms with Gasteiger partial charge in [-0.05, 0) is 85.5 Å². The van der Waals surface area contributed by atoms with E-state index in [4.69, 9.17) is 0 Å². The highest BCUT2D eigenvalue weighted by Crippen LogP contribution is 2.72. The molecule has 4 aliphatic rings. The van der Waals surface area contributed by atoms with Crippen LogP contribution in [0.1, 0.15) is 86.5 Å². The largest absolute Gasteiger partial charge is 0.481 e. The Bertz CT molecular complexity index is 986.